The standard InChI is InChI=1S/C23H34N2O3.2C7H8O3S/c1-28-17-22(15-24-20-14-19(20)18-6-3-2-4-7-18)10-12-25(13-11-22)16-23(21(26)27)8-5-9-23;2*8-11(9,10)6-7-4-2-1-3-5-7/h2-4,6-7,19-20,24H,5,8-17H2,1H3,(H,26,27);2*1-5H,6H2,(H,8,9,10)/t19-,20+;;/m0../s1. The first-order valence-electron chi connectivity index (χ1n) is 16.9. The summed E-state index contributed by atoms with van der Waals surface area (Å²) in [6, 6.07) is 28.4. The number of hydrogen-bond donors (Lipinski definition) is 4. The van der Waals surface area contributed by atoms with E-state index in [1.54, 1.807) is 67.8 Å². The molecule has 3 fully saturated rings. The predicted molar refractivity (Wildman–Crippen MR) is 193 cm³/mol. The Kier molecular flexibility index (Phi) is 14.1. The van der Waals surface area contributed by atoms with Crippen LogP contribution in [-0.2, 0) is 41.3 Å². The van der Waals surface area contributed by atoms with Crippen molar-refractivity contribution in [1.29, 1.82) is 0 Å². The zero-order valence-electron chi connectivity index (χ0n) is 28.6. The monoisotopic (exact) mass is 730 g/mol. The number of methoxy groups -OCH3 is 1. The minimum absolute atomic E-state index is 0.172. The second kappa shape index (κ2) is 17.9. The van der Waals surface area contributed by atoms with Crippen molar-refractivity contribution in [2.24, 2.45) is 10.8 Å². The summed E-state index contributed by atoms with van der Waals surface area (Å²) in [5, 5.41) is 13.4. The molecule has 11 nitrogen and oxygen atoms in total. The third-order valence-electron chi connectivity index (χ3n) is 9.80. The van der Waals surface area contributed by atoms with E-state index in [-0.39, 0.29) is 16.9 Å². The van der Waals surface area contributed by atoms with Crippen molar-refractivity contribution in [3.63, 3.8) is 0 Å². The SMILES string of the molecule is COCC1(CN[C@@H]2C[C@H]2c2ccccc2)CCN(CC2(C(=O)O)CCC2)CC1.O=S(=O)(O)Cc1ccccc1.O=S(=O)(O)Cc1ccccc1. The number of carboxylic acids is 1. The normalized spacial score (nSPS) is 20.9. The number of aliphatic carboxylic acids is 1. The first-order chi connectivity index (χ1) is 23.7. The fourth-order valence-electron chi connectivity index (χ4n) is 6.74. The van der Waals surface area contributed by atoms with E-state index in [4.69, 9.17) is 13.8 Å². The second-order valence-electron chi connectivity index (χ2n) is 13.8. The molecule has 0 bridgehead atoms. The van der Waals surface area contributed by atoms with Crippen LogP contribution in [0.25, 0.3) is 0 Å². The van der Waals surface area contributed by atoms with Crippen molar-refractivity contribution in [1.82, 2.24) is 10.2 Å². The molecule has 274 valence electrons. The maximum absolute atomic E-state index is 11.7. The lowest BCUT2D eigenvalue weighted by Crippen LogP contribution is -2.53. The molecule has 4 N–H and O–H groups in total. The lowest BCUT2D eigenvalue weighted by molar-refractivity contribution is -0.157. The third kappa shape index (κ3) is 12.9. The number of ether oxygens (including phenoxy) is 1. The summed E-state index contributed by atoms with van der Waals surface area (Å²) in [4.78, 5) is 14.1. The Hall–Kier alpha value is -3.17. The van der Waals surface area contributed by atoms with E-state index in [1.807, 2.05) is 0 Å². The summed E-state index contributed by atoms with van der Waals surface area (Å²) in [5.41, 5.74) is 2.32. The molecule has 2 atom stereocenters. The van der Waals surface area contributed by atoms with E-state index in [0.717, 1.165) is 64.9 Å². The molecule has 3 aromatic rings. The molecule has 6 rings (SSSR count). The van der Waals surface area contributed by atoms with Crippen LogP contribution >= 0.6 is 0 Å². The number of carboxylic acid groups (broad SMARTS) is 1. The van der Waals surface area contributed by atoms with Crippen LogP contribution < -0.4 is 5.32 Å². The zero-order chi connectivity index (χ0) is 36.3. The Morgan fingerprint density at radius 1 is 0.800 bits per heavy atom. The van der Waals surface area contributed by atoms with Crippen LogP contribution in [0.3, 0.4) is 0 Å². The zero-order valence-corrected chi connectivity index (χ0v) is 30.2. The molecule has 13 heteroatoms. The molecule has 50 heavy (non-hydrogen) atoms. The van der Waals surface area contributed by atoms with Crippen LogP contribution in [0.5, 0.6) is 0 Å². The number of piperidine rings is 1. The van der Waals surface area contributed by atoms with Crippen LogP contribution in [0.15, 0.2) is 91.0 Å². The van der Waals surface area contributed by atoms with Gasteiger partial charge in [0.15, 0.2) is 0 Å². The largest absolute Gasteiger partial charge is 0.481 e. The van der Waals surface area contributed by atoms with E-state index >= 15 is 0 Å². The Balaban J connectivity index is 0.000000209. The molecule has 0 unspecified atom stereocenters. The molecular weight excluding hydrogens is 681 g/mol. The summed E-state index contributed by atoms with van der Waals surface area (Å²) in [5.74, 6) is -0.577. The smallest absolute Gasteiger partial charge is 0.310 e. The van der Waals surface area contributed by atoms with Crippen molar-refractivity contribution in [3.05, 3.63) is 108 Å². The van der Waals surface area contributed by atoms with Gasteiger partial charge in [-0.05, 0) is 61.9 Å². The highest BCUT2D eigenvalue weighted by Crippen LogP contribution is 2.44. The van der Waals surface area contributed by atoms with Crippen molar-refractivity contribution in [3.8, 4) is 0 Å². The molecular formula is C37H50N2O9S2. The number of likely N-dealkylation sites (tertiary alicyclic amines) is 1. The molecule has 1 heterocycles. The summed E-state index contributed by atoms with van der Waals surface area (Å²) in [7, 11) is -5.96. The van der Waals surface area contributed by atoms with Gasteiger partial charge < -0.3 is 20.1 Å². The number of carbonyl (C=O) groups is 1. The molecule has 0 radical (unpaired) electrons. The van der Waals surface area contributed by atoms with Crippen LogP contribution in [-0.4, -0.2) is 87.9 Å². The average Bonchev–Trinajstić information content (AvgIpc) is 3.83. The maximum atomic E-state index is 11.7. The van der Waals surface area contributed by atoms with E-state index in [9.17, 15) is 26.7 Å². The maximum Gasteiger partial charge on any atom is 0.310 e. The van der Waals surface area contributed by atoms with Gasteiger partial charge in [-0.1, -0.05) is 97.4 Å². The van der Waals surface area contributed by atoms with E-state index in [2.05, 4.69) is 40.5 Å². The number of nitrogens with one attached hydrogen (secondary N) is 1. The lowest BCUT2D eigenvalue weighted by Gasteiger charge is -2.46. The highest BCUT2D eigenvalue weighted by Gasteiger charge is 2.47. The molecule has 3 aliphatic rings. The third-order valence-corrected chi connectivity index (χ3v) is 11.2. The predicted octanol–water partition coefficient (Wildman–Crippen LogP) is 5.26. The van der Waals surface area contributed by atoms with Gasteiger partial charge >= 0.3 is 5.97 Å². The molecule has 0 amide bonds. The minimum Gasteiger partial charge on any atom is -0.481 e. The molecule has 0 spiro atoms. The van der Waals surface area contributed by atoms with Gasteiger partial charge in [-0.2, -0.15) is 16.8 Å². The lowest BCUT2D eigenvalue weighted by atomic mass is 9.68. The average molecular weight is 731 g/mol. The summed E-state index contributed by atoms with van der Waals surface area (Å²) >= 11 is 0. The van der Waals surface area contributed by atoms with Crippen molar-refractivity contribution >= 4 is 26.2 Å². The summed E-state index contributed by atoms with van der Waals surface area (Å²) < 4.78 is 63.9. The number of nitrogens with zero attached hydrogens (tertiary/aromatic N) is 1. The van der Waals surface area contributed by atoms with Crippen LogP contribution in [0.2, 0.25) is 0 Å². The van der Waals surface area contributed by atoms with Crippen LogP contribution in [0, 0.1) is 10.8 Å². The van der Waals surface area contributed by atoms with Gasteiger partial charge in [0.1, 0.15) is 11.5 Å². The number of benzene rings is 3. The molecule has 3 aromatic carbocycles. The Labute approximate surface area is 296 Å². The van der Waals surface area contributed by atoms with Gasteiger partial charge in [0.2, 0.25) is 0 Å². The second-order valence-corrected chi connectivity index (χ2v) is 16.7. The number of hydrogen-bond acceptors (Lipinski definition) is 8. The van der Waals surface area contributed by atoms with Gasteiger partial charge in [-0.25, -0.2) is 0 Å². The molecule has 2 saturated carbocycles. The fraction of sp³-hybridized carbons (Fsp3) is 0.486. The highest BCUT2D eigenvalue weighted by atomic mass is 32.2. The van der Waals surface area contributed by atoms with Gasteiger partial charge in [0.05, 0.1) is 12.0 Å². The Bertz CT molecular complexity index is 1630. The van der Waals surface area contributed by atoms with Crippen LogP contribution in [0.4, 0.5) is 0 Å². The van der Waals surface area contributed by atoms with E-state index in [1.165, 1.54) is 12.0 Å². The van der Waals surface area contributed by atoms with Crippen molar-refractivity contribution < 1.29 is 40.6 Å². The van der Waals surface area contributed by atoms with Crippen molar-refractivity contribution in [2.45, 2.75) is 62.0 Å². The van der Waals surface area contributed by atoms with Crippen molar-refractivity contribution in [2.75, 3.05) is 39.9 Å². The first-order valence-corrected chi connectivity index (χ1v) is 20.1. The molecule has 2 aliphatic carbocycles. The van der Waals surface area contributed by atoms with Gasteiger partial charge in [0.25, 0.3) is 20.2 Å². The molecule has 0 aromatic heterocycles. The summed E-state index contributed by atoms with van der Waals surface area (Å²) in [6.45, 7) is 4.45. The Morgan fingerprint density at radius 2 is 1.28 bits per heavy atom. The van der Waals surface area contributed by atoms with Crippen LogP contribution in [0.1, 0.15) is 61.1 Å². The minimum atomic E-state index is -3.88. The molecule has 1 saturated heterocycles. The van der Waals surface area contributed by atoms with E-state index in [0.29, 0.717) is 23.1 Å². The Morgan fingerprint density at radius 3 is 1.68 bits per heavy atom. The van der Waals surface area contributed by atoms with Gasteiger partial charge in [-0.3, -0.25) is 13.9 Å². The topological polar surface area (TPSA) is 171 Å². The van der Waals surface area contributed by atoms with E-state index < -0.39 is 31.6 Å². The summed E-state index contributed by atoms with van der Waals surface area (Å²) in [6.07, 6.45) is 6.11. The first kappa shape index (κ1) is 39.6. The molecule has 1 aliphatic heterocycles. The number of rotatable bonds is 13. The van der Waals surface area contributed by atoms with Gasteiger partial charge in [-0.15, -0.1) is 0 Å². The fourth-order valence-corrected chi connectivity index (χ4v) is 7.97. The quantitative estimate of drug-likeness (QED) is 0.169. The van der Waals surface area contributed by atoms with Gasteiger partial charge in [0, 0.05) is 37.6 Å². The highest BCUT2D eigenvalue weighted by molar-refractivity contribution is 7.85.